The van der Waals surface area contributed by atoms with E-state index in [0.717, 1.165) is 12.1 Å². The first-order valence-corrected chi connectivity index (χ1v) is 25.7. The second kappa shape index (κ2) is 27.7. The van der Waals surface area contributed by atoms with Gasteiger partial charge < -0.3 is 4.55 Å². The van der Waals surface area contributed by atoms with Crippen LogP contribution < -0.4 is 0 Å². The van der Waals surface area contributed by atoms with Crippen molar-refractivity contribution in [1.29, 1.82) is 0 Å². The molecule has 2 aromatic rings. The highest BCUT2D eigenvalue weighted by atomic mass is 32.2. The first-order chi connectivity index (χ1) is 25.6. The van der Waals surface area contributed by atoms with Gasteiger partial charge in [-0.1, -0.05) is 155 Å². The highest BCUT2D eigenvalue weighted by molar-refractivity contribution is 7.85. The van der Waals surface area contributed by atoms with Crippen molar-refractivity contribution in [3.63, 3.8) is 0 Å². The average molecular weight is 771 g/mol. The highest BCUT2D eigenvalue weighted by Gasteiger charge is 2.35. The summed E-state index contributed by atoms with van der Waals surface area (Å²) in [5.74, 6) is -0.814. The number of carbonyl (C=O) groups excluding carboxylic acids is 2. The Morgan fingerprint density at radius 2 is 0.736 bits per heavy atom. The molecule has 300 valence electrons. The van der Waals surface area contributed by atoms with E-state index < -0.39 is 28.1 Å². The van der Waals surface area contributed by atoms with E-state index in [4.69, 9.17) is 0 Å². The number of benzene rings is 2. The molecule has 1 aliphatic rings. The van der Waals surface area contributed by atoms with Gasteiger partial charge in [-0.05, 0) is 69.6 Å². The van der Waals surface area contributed by atoms with Crippen molar-refractivity contribution in [2.24, 2.45) is 0 Å². The lowest BCUT2D eigenvalue weighted by atomic mass is 9.84. The molecule has 7 heteroatoms. The molecule has 5 nitrogen and oxygen atoms in total. The Balaban J connectivity index is 0.000000408. The fourth-order valence-corrected chi connectivity index (χ4v) is 13.2. The lowest BCUT2D eigenvalue weighted by Crippen LogP contribution is -2.21. The summed E-state index contributed by atoms with van der Waals surface area (Å²) >= 11 is 0. The van der Waals surface area contributed by atoms with Gasteiger partial charge in [0.1, 0.15) is 10.1 Å². The third kappa shape index (κ3) is 18.1. The first-order valence-electron chi connectivity index (χ1n) is 21.8. The van der Waals surface area contributed by atoms with Gasteiger partial charge in [-0.25, -0.2) is 8.42 Å². The van der Waals surface area contributed by atoms with Crippen LogP contribution in [0.1, 0.15) is 214 Å². The van der Waals surface area contributed by atoms with E-state index >= 15 is 0 Å². The third-order valence-electron chi connectivity index (χ3n) is 11.1. The van der Waals surface area contributed by atoms with Crippen LogP contribution in [0, 0.1) is 0 Å². The molecule has 3 rings (SSSR count). The molecule has 0 saturated carbocycles. The van der Waals surface area contributed by atoms with E-state index in [1.165, 1.54) is 147 Å². The SMILES string of the molecule is CCCCCCCCCCCCCC[P+](CCCCCC)(CCCCCC)CCCCCC.O=C1c2ccccc2C(=O)c2cc(S(=O)(=O)[O-])ccc21. The molecule has 0 aromatic heterocycles. The van der Waals surface area contributed by atoms with E-state index in [-0.39, 0.29) is 28.0 Å². The monoisotopic (exact) mass is 771 g/mol. The number of hydrogen-bond donors (Lipinski definition) is 0. The van der Waals surface area contributed by atoms with Crippen molar-refractivity contribution in [1.82, 2.24) is 0 Å². The molecule has 0 bridgehead atoms. The Morgan fingerprint density at radius 1 is 0.434 bits per heavy atom. The van der Waals surface area contributed by atoms with Gasteiger partial charge in [0.05, 0.1) is 29.5 Å². The normalized spacial score (nSPS) is 12.7. The fourth-order valence-electron chi connectivity index (χ4n) is 7.82. The molecule has 0 unspecified atom stereocenters. The van der Waals surface area contributed by atoms with Crippen molar-refractivity contribution in [3.8, 4) is 0 Å². The van der Waals surface area contributed by atoms with E-state index in [2.05, 4.69) is 27.7 Å². The second-order valence-corrected chi connectivity index (χ2v) is 21.5. The van der Waals surface area contributed by atoms with Crippen LogP contribution in [0.5, 0.6) is 0 Å². The molecule has 0 amide bonds. The molecule has 2 aromatic carbocycles. The standard InChI is InChI=1S/C32H68P.C14H8O5S/c1-5-9-13-17-18-19-20-21-22-23-24-28-32-33(29-25-14-10-6-2,30-26-15-11-7-3)31-27-16-12-8-4;15-13-9-3-1-2-4-10(9)14(16)12-7-8(20(17,18)19)5-6-11(12)13/h5-32H2,1-4H3;1-7H,(H,17,18,19)/q+1;/p-1. The number of ketones is 2. The van der Waals surface area contributed by atoms with Gasteiger partial charge >= 0.3 is 0 Å². The zero-order valence-electron chi connectivity index (χ0n) is 34.2. The summed E-state index contributed by atoms with van der Waals surface area (Å²) in [6.45, 7) is 9.41. The van der Waals surface area contributed by atoms with Crippen LogP contribution in [0.15, 0.2) is 47.4 Å². The van der Waals surface area contributed by atoms with Crippen molar-refractivity contribution >= 4 is 28.9 Å². The van der Waals surface area contributed by atoms with Gasteiger partial charge in [-0.3, -0.25) is 9.59 Å². The number of rotatable bonds is 29. The summed E-state index contributed by atoms with van der Waals surface area (Å²) in [5.41, 5.74) is 0.555. The summed E-state index contributed by atoms with van der Waals surface area (Å²) in [4.78, 5) is 24.0. The minimum Gasteiger partial charge on any atom is -0.744 e. The van der Waals surface area contributed by atoms with Crippen molar-refractivity contribution < 1.29 is 22.6 Å². The average Bonchev–Trinajstić information content (AvgIpc) is 3.16. The smallest absolute Gasteiger partial charge is 0.194 e. The van der Waals surface area contributed by atoms with Crippen LogP contribution in [-0.4, -0.2) is 49.2 Å². The van der Waals surface area contributed by atoms with Crippen molar-refractivity contribution in [3.05, 3.63) is 64.7 Å². The topological polar surface area (TPSA) is 91.3 Å². The summed E-state index contributed by atoms with van der Waals surface area (Å²) in [7, 11) is -5.36. The second-order valence-electron chi connectivity index (χ2n) is 15.7. The molecule has 0 aliphatic heterocycles. The summed E-state index contributed by atoms with van der Waals surface area (Å²) in [5, 5.41) is 0. The van der Waals surface area contributed by atoms with Crippen LogP contribution in [0.25, 0.3) is 0 Å². The zero-order chi connectivity index (χ0) is 38.8. The maximum absolute atomic E-state index is 12.3. The van der Waals surface area contributed by atoms with Crippen LogP contribution in [-0.2, 0) is 10.1 Å². The van der Waals surface area contributed by atoms with Gasteiger partial charge in [-0.15, -0.1) is 0 Å². The van der Waals surface area contributed by atoms with E-state index in [0.29, 0.717) is 0 Å². The van der Waals surface area contributed by atoms with E-state index in [1.54, 1.807) is 62.5 Å². The Labute approximate surface area is 326 Å². The molecule has 0 heterocycles. The molecule has 0 radical (unpaired) electrons. The predicted octanol–water partition coefficient (Wildman–Crippen LogP) is 13.8. The Morgan fingerprint density at radius 3 is 1.09 bits per heavy atom. The van der Waals surface area contributed by atoms with E-state index in [9.17, 15) is 22.6 Å². The Kier molecular flexibility index (Phi) is 24.7. The maximum atomic E-state index is 12.3. The molecule has 0 fully saturated rings. The van der Waals surface area contributed by atoms with Crippen molar-refractivity contribution in [2.45, 2.75) is 187 Å². The zero-order valence-corrected chi connectivity index (χ0v) is 35.9. The Bertz CT molecular complexity index is 1390. The predicted molar refractivity (Wildman–Crippen MR) is 228 cm³/mol. The highest BCUT2D eigenvalue weighted by Crippen LogP contribution is 2.61. The van der Waals surface area contributed by atoms with Gasteiger partial charge in [0, 0.05) is 29.5 Å². The number of unbranched alkanes of at least 4 members (excludes halogenated alkanes) is 20. The van der Waals surface area contributed by atoms with Gasteiger partial charge in [0.2, 0.25) is 0 Å². The van der Waals surface area contributed by atoms with Gasteiger partial charge in [0.25, 0.3) is 0 Å². The summed E-state index contributed by atoms with van der Waals surface area (Å²) in [6, 6.07) is 9.51. The molecular weight excluding hydrogens is 696 g/mol. The molecule has 53 heavy (non-hydrogen) atoms. The van der Waals surface area contributed by atoms with Gasteiger partial charge in [0.15, 0.2) is 11.6 Å². The fraction of sp³-hybridized carbons (Fsp3) is 0.696. The minimum atomic E-state index is -4.67. The summed E-state index contributed by atoms with van der Waals surface area (Å²) < 4.78 is 33.0. The van der Waals surface area contributed by atoms with Crippen LogP contribution >= 0.6 is 7.26 Å². The Hall–Kier alpha value is -1.88. The number of hydrogen-bond acceptors (Lipinski definition) is 5. The van der Waals surface area contributed by atoms with Crippen LogP contribution in [0.3, 0.4) is 0 Å². The van der Waals surface area contributed by atoms with Crippen molar-refractivity contribution in [2.75, 3.05) is 24.6 Å². The third-order valence-corrected chi connectivity index (χ3v) is 17.0. The molecule has 1 aliphatic carbocycles. The lowest BCUT2D eigenvalue weighted by molar-refractivity contribution is 0.0979. The summed E-state index contributed by atoms with van der Waals surface area (Å²) in [6.07, 6.45) is 42.1. The maximum Gasteiger partial charge on any atom is 0.194 e. The molecule has 0 atom stereocenters. The van der Waals surface area contributed by atoms with Gasteiger partial charge in [-0.2, -0.15) is 0 Å². The lowest BCUT2D eigenvalue weighted by Gasteiger charge is -2.28. The minimum absolute atomic E-state index is 0.0503. The molecular formula is C46H75O5PS. The number of carbonyl (C=O) groups is 2. The first kappa shape index (κ1) is 47.3. The van der Waals surface area contributed by atoms with Crippen LogP contribution in [0.4, 0.5) is 0 Å². The van der Waals surface area contributed by atoms with Crippen LogP contribution in [0.2, 0.25) is 0 Å². The quantitative estimate of drug-likeness (QED) is 0.0398. The molecule has 0 spiro atoms. The largest absolute Gasteiger partial charge is 0.744 e. The number of fused-ring (bicyclic) bond motifs is 2. The van der Waals surface area contributed by atoms with E-state index in [1.807, 2.05) is 0 Å². The molecule has 0 N–H and O–H groups in total. The molecule has 0 saturated heterocycles.